The van der Waals surface area contributed by atoms with E-state index in [0.29, 0.717) is 25.5 Å². The zero-order valence-corrected chi connectivity index (χ0v) is 16.4. The Balaban J connectivity index is 1.41. The molecule has 1 fully saturated rings. The molecule has 30 heavy (non-hydrogen) atoms. The van der Waals surface area contributed by atoms with Crippen LogP contribution in [-0.4, -0.2) is 42.3 Å². The molecule has 1 saturated heterocycles. The molecule has 0 radical (unpaired) electrons. The van der Waals surface area contributed by atoms with Crippen molar-refractivity contribution in [3.8, 4) is 0 Å². The Morgan fingerprint density at radius 3 is 2.33 bits per heavy atom. The number of amides is 3. The van der Waals surface area contributed by atoms with Gasteiger partial charge in [0.15, 0.2) is 0 Å². The van der Waals surface area contributed by atoms with E-state index in [9.17, 15) is 23.2 Å². The number of halogens is 2. The van der Waals surface area contributed by atoms with Crippen LogP contribution in [0, 0.1) is 17.6 Å². The number of hydrogen-bond acceptors (Lipinski definition) is 3. The van der Waals surface area contributed by atoms with Gasteiger partial charge in [0.2, 0.25) is 11.8 Å². The lowest BCUT2D eigenvalue weighted by Crippen LogP contribution is -2.45. The maximum Gasteiger partial charge on any atom is 0.256 e. The fourth-order valence-electron chi connectivity index (χ4n) is 3.35. The lowest BCUT2D eigenvalue weighted by molar-refractivity contribution is -0.129. The van der Waals surface area contributed by atoms with Crippen LogP contribution in [0.25, 0.3) is 0 Å². The standard InChI is InChI=1S/C22H23F2N3O3/c23-17-6-7-18(19(24)12-17)22(30)27-10-8-16(9-11-27)21(29)26-14-20(28)25-13-15-4-2-1-3-5-15/h1-7,12,16H,8-11,13-14H2,(H,25,28)(H,26,29). The second-order valence-corrected chi connectivity index (χ2v) is 7.17. The summed E-state index contributed by atoms with van der Waals surface area (Å²) in [6.07, 6.45) is 0.818. The molecule has 0 aliphatic carbocycles. The van der Waals surface area contributed by atoms with Crippen molar-refractivity contribution < 1.29 is 23.2 Å². The monoisotopic (exact) mass is 415 g/mol. The van der Waals surface area contributed by atoms with E-state index >= 15 is 0 Å². The number of carbonyl (C=O) groups is 3. The van der Waals surface area contributed by atoms with Gasteiger partial charge in [-0.15, -0.1) is 0 Å². The van der Waals surface area contributed by atoms with Crippen LogP contribution in [-0.2, 0) is 16.1 Å². The second kappa shape index (κ2) is 9.96. The van der Waals surface area contributed by atoms with Crippen LogP contribution in [0.15, 0.2) is 48.5 Å². The van der Waals surface area contributed by atoms with Gasteiger partial charge in [-0.05, 0) is 30.5 Å². The van der Waals surface area contributed by atoms with Crippen LogP contribution in [0.2, 0.25) is 0 Å². The van der Waals surface area contributed by atoms with Crippen LogP contribution in [0.1, 0.15) is 28.8 Å². The van der Waals surface area contributed by atoms with Gasteiger partial charge in [-0.25, -0.2) is 8.78 Å². The highest BCUT2D eigenvalue weighted by Crippen LogP contribution is 2.20. The third kappa shape index (κ3) is 5.62. The van der Waals surface area contributed by atoms with Gasteiger partial charge in [-0.1, -0.05) is 30.3 Å². The summed E-state index contributed by atoms with van der Waals surface area (Å²) in [6.45, 7) is 0.837. The number of rotatable bonds is 6. The molecule has 1 heterocycles. The summed E-state index contributed by atoms with van der Waals surface area (Å²) < 4.78 is 26.8. The quantitative estimate of drug-likeness (QED) is 0.760. The van der Waals surface area contributed by atoms with Crippen molar-refractivity contribution >= 4 is 17.7 Å². The Bertz CT molecular complexity index is 913. The molecule has 0 spiro atoms. The first-order chi connectivity index (χ1) is 14.4. The smallest absolute Gasteiger partial charge is 0.256 e. The minimum absolute atomic E-state index is 0.119. The lowest BCUT2D eigenvalue weighted by Gasteiger charge is -2.31. The summed E-state index contributed by atoms with van der Waals surface area (Å²) in [6, 6.07) is 12.3. The van der Waals surface area contributed by atoms with Crippen molar-refractivity contribution in [2.24, 2.45) is 5.92 Å². The van der Waals surface area contributed by atoms with Crippen molar-refractivity contribution in [1.29, 1.82) is 0 Å². The van der Waals surface area contributed by atoms with Crippen molar-refractivity contribution in [1.82, 2.24) is 15.5 Å². The van der Waals surface area contributed by atoms with Gasteiger partial charge in [0, 0.05) is 31.6 Å². The van der Waals surface area contributed by atoms with E-state index in [4.69, 9.17) is 0 Å². The Hall–Kier alpha value is -3.29. The van der Waals surface area contributed by atoms with Gasteiger partial charge >= 0.3 is 0 Å². The molecule has 3 amide bonds. The summed E-state index contributed by atoms with van der Waals surface area (Å²) in [5.41, 5.74) is 0.779. The van der Waals surface area contributed by atoms with E-state index in [1.807, 2.05) is 30.3 Å². The minimum atomic E-state index is -0.901. The molecular formula is C22H23F2N3O3. The number of piperidine rings is 1. The van der Waals surface area contributed by atoms with E-state index in [-0.39, 0.29) is 42.9 Å². The summed E-state index contributed by atoms with van der Waals surface area (Å²) in [4.78, 5) is 38.1. The predicted octanol–water partition coefficient (Wildman–Crippen LogP) is 2.25. The zero-order valence-electron chi connectivity index (χ0n) is 16.4. The molecule has 1 aliphatic rings. The molecule has 2 N–H and O–H groups in total. The van der Waals surface area contributed by atoms with Crippen LogP contribution in [0.4, 0.5) is 8.78 Å². The highest BCUT2D eigenvalue weighted by molar-refractivity contribution is 5.94. The van der Waals surface area contributed by atoms with E-state index in [0.717, 1.165) is 17.7 Å². The Kier molecular flexibility index (Phi) is 7.11. The molecule has 0 bridgehead atoms. The van der Waals surface area contributed by atoms with Crippen LogP contribution < -0.4 is 10.6 Å². The van der Waals surface area contributed by atoms with Gasteiger partial charge in [-0.2, -0.15) is 0 Å². The highest BCUT2D eigenvalue weighted by atomic mass is 19.1. The summed E-state index contributed by atoms with van der Waals surface area (Å²) in [5, 5.41) is 5.36. The zero-order chi connectivity index (χ0) is 21.5. The fraction of sp³-hybridized carbons (Fsp3) is 0.318. The molecule has 0 saturated carbocycles. The van der Waals surface area contributed by atoms with Gasteiger partial charge < -0.3 is 15.5 Å². The van der Waals surface area contributed by atoms with Crippen LogP contribution >= 0.6 is 0 Å². The Morgan fingerprint density at radius 1 is 0.967 bits per heavy atom. The third-order valence-electron chi connectivity index (χ3n) is 5.07. The number of carbonyl (C=O) groups excluding carboxylic acids is 3. The molecule has 2 aromatic carbocycles. The number of hydrogen-bond donors (Lipinski definition) is 2. The van der Waals surface area contributed by atoms with Crippen LogP contribution in [0.5, 0.6) is 0 Å². The number of likely N-dealkylation sites (tertiary alicyclic amines) is 1. The Morgan fingerprint density at radius 2 is 1.67 bits per heavy atom. The average molecular weight is 415 g/mol. The molecule has 2 aromatic rings. The molecule has 0 atom stereocenters. The van der Waals surface area contributed by atoms with E-state index in [1.54, 1.807) is 0 Å². The Labute approximate surface area is 173 Å². The topological polar surface area (TPSA) is 78.5 Å². The third-order valence-corrected chi connectivity index (χ3v) is 5.07. The first-order valence-corrected chi connectivity index (χ1v) is 9.76. The highest BCUT2D eigenvalue weighted by Gasteiger charge is 2.29. The van der Waals surface area contributed by atoms with E-state index < -0.39 is 17.5 Å². The molecular weight excluding hydrogens is 392 g/mol. The number of nitrogens with one attached hydrogen (secondary N) is 2. The maximum atomic E-state index is 13.8. The SMILES string of the molecule is O=C(CNC(=O)C1CCN(C(=O)c2ccc(F)cc2F)CC1)NCc1ccccc1. The van der Waals surface area contributed by atoms with Gasteiger partial charge in [0.05, 0.1) is 12.1 Å². The van der Waals surface area contributed by atoms with Crippen molar-refractivity contribution in [3.05, 3.63) is 71.3 Å². The van der Waals surface area contributed by atoms with E-state index in [1.165, 1.54) is 4.90 Å². The van der Waals surface area contributed by atoms with Gasteiger partial charge in [0.1, 0.15) is 11.6 Å². The number of benzene rings is 2. The maximum absolute atomic E-state index is 13.8. The molecule has 0 unspecified atom stereocenters. The molecule has 158 valence electrons. The summed E-state index contributed by atoms with van der Waals surface area (Å²) >= 11 is 0. The lowest BCUT2D eigenvalue weighted by atomic mass is 9.95. The largest absolute Gasteiger partial charge is 0.350 e. The van der Waals surface area contributed by atoms with Crippen LogP contribution in [0.3, 0.4) is 0 Å². The molecule has 0 aromatic heterocycles. The van der Waals surface area contributed by atoms with Crippen molar-refractivity contribution in [3.63, 3.8) is 0 Å². The molecule has 3 rings (SSSR count). The fourth-order valence-corrected chi connectivity index (χ4v) is 3.35. The second-order valence-electron chi connectivity index (χ2n) is 7.17. The van der Waals surface area contributed by atoms with Crippen molar-refractivity contribution in [2.45, 2.75) is 19.4 Å². The normalized spacial score (nSPS) is 14.3. The first-order valence-electron chi connectivity index (χ1n) is 9.76. The molecule has 8 heteroatoms. The van der Waals surface area contributed by atoms with Crippen molar-refractivity contribution in [2.75, 3.05) is 19.6 Å². The predicted molar refractivity (Wildman–Crippen MR) is 106 cm³/mol. The minimum Gasteiger partial charge on any atom is -0.350 e. The first kappa shape index (κ1) is 21.4. The van der Waals surface area contributed by atoms with Gasteiger partial charge in [0.25, 0.3) is 5.91 Å². The van der Waals surface area contributed by atoms with Gasteiger partial charge in [-0.3, -0.25) is 14.4 Å². The number of nitrogens with zero attached hydrogens (tertiary/aromatic N) is 1. The summed E-state index contributed by atoms with van der Waals surface area (Å²) in [7, 11) is 0. The molecule has 1 aliphatic heterocycles. The summed E-state index contributed by atoms with van der Waals surface area (Å²) in [5.74, 6) is -3.02. The van der Waals surface area contributed by atoms with E-state index in [2.05, 4.69) is 10.6 Å². The molecule has 6 nitrogen and oxygen atoms in total. The average Bonchev–Trinajstić information content (AvgIpc) is 2.76.